The van der Waals surface area contributed by atoms with Gasteiger partial charge in [0.15, 0.2) is 0 Å². The number of carbonyl (C=O) groups excluding carboxylic acids is 1. The number of nitrogens with zero attached hydrogens (tertiary/aromatic N) is 1. The zero-order valence-corrected chi connectivity index (χ0v) is 13.0. The molecule has 0 saturated heterocycles. The van der Waals surface area contributed by atoms with Crippen molar-refractivity contribution in [1.29, 1.82) is 0 Å². The first-order valence-corrected chi connectivity index (χ1v) is 7.10. The number of amides is 1. The van der Waals surface area contributed by atoms with Crippen LogP contribution in [-0.2, 0) is 6.54 Å². The van der Waals surface area contributed by atoms with Crippen molar-refractivity contribution in [2.75, 3.05) is 0 Å². The summed E-state index contributed by atoms with van der Waals surface area (Å²) in [6, 6.07) is 10.9. The van der Waals surface area contributed by atoms with Crippen LogP contribution in [0.1, 0.15) is 15.9 Å². The van der Waals surface area contributed by atoms with Gasteiger partial charge in [-0.3, -0.25) is 14.9 Å². The highest BCUT2D eigenvalue weighted by Gasteiger charge is 2.08. The fourth-order valence-corrected chi connectivity index (χ4v) is 2.56. The molecular formula is C14H10BrClN2O3. The zero-order chi connectivity index (χ0) is 15.4. The number of hydrogen-bond acceptors (Lipinski definition) is 3. The first-order valence-electron chi connectivity index (χ1n) is 5.93. The van der Waals surface area contributed by atoms with Crippen LogP contribution < -0.4 is 5.32 Å². The molecule has 21 heavy (non-hydrogen) atoms. The van der Waals surface area contributed by atoms with Gasteiger partial charge < -0.3 is 5.32 Å². The van der Waals surface area contributed by atoms with Crippen LogP contribution in [0.4, 0.5) is 5.69 Å². The van der Waals surface area contributed by atoms with E-state index in [0.29, 0.717) is 10.6 Å². The van der Waals surface area contributed by atoms with E-state index >= 15 is 0 Å². The van der Waals surface area contributed by atoms with Gasteiger partial charge in [-0.1, -0.05) is 39.7 Å². The number of non-ortho nitro benzene ring substituents is 1. The van der Waals surface area contributed by atoms with E-state index in [2.05, 4.69) is 21.2 Å². The quantitative estimate of drug-likeness (QED) is 0.655. The van der Waals surface area contributed by atoms with Crippen molar-refractivity contribution in [3.63, 3.8) is 0 Å². The topological polar surface area (TPSA) is 72.2 Å². The van der Waals surface area contributed by atoms with Crippen molar-refractivity contribution < 1.29 is 9.72 Å². The van der Waals surface area contributed by atoms with Crippen LogP contribution in [0, 0.1) is 10.1 Å². The van der Waals surface area contributed by atoms with Gasteiger partial charge in [0.1, 0.15) is 0 Å². The molecule has 0 aliphatic rings. The van der Waals surface area contributed by atoms with Gasteiger partial charge in [-0.15, -0.1) is 0 Å². The number of benzene rings is 2. The average Bonchev–Trinajstić information content (AvgIpc) is 2.44. The smallest absolute Gasteiger partial charge is 0.269 e. The molecule has 2 aromatic carbocycles. The predicted molar refractivity (Wildman–Crippen MR) is 83.4 cm³/mol. The van der Waals surface area contributed by atoms with Crippen molar-refractivity contribution in [3.8, 4) is 0 Å². The van der Waals surface area contributed by atoms with Crippen molar-refractivity contribution in [1.82, 2.24) is 5.32 Å². The summed E-state index contributed by atoms with van der Waals surface area (Å²) in [4.78, 5) is 22.1. The summed E-state index contributed by atoms with van der Waals surface area (Å²) in [5, 5.41) is 13.7. The average molecular weight is 370 g/mol. The van der Waals surface area contributed by atoms with Crippen LogP contribution in [0.3, 0.4) is 0 Å². The molecule has 0 aliphatic carbocycles. The highest BCUT2D eigenvalue weighted by atomic mass is 79.9. The Labute approximate surface area is 134 Å². The SMILES string of the molecule is O=C(NCc1ccc([N+](=O)[O-])cc1)c1cc(Cl)cc(Br)c1. The van der Waals surface area contributed by atoms with Gasteiger partial charge in [0.25, 0.3) is 11.6 Å². The van der Waals surface area contributed by atoms with Crippen molar-refractivity contribution in [3.05, 3.63) is 73.2 Å². The summed E-state index contributed by atoms with van der Waals surface area (Å²) in [5.74, 6) is -0.267. The summed E-state index contributed by atoms with van der Waals surface area (Å²) in [6.45, 7) is 0.279. The molecule has 0 spiro atoms. The Morgan fingerprint density at radius 2 is 1.90 bits per heavy atom. The van der Waals surface area contributed by atoms with Gasteiger partial charge in [-0.05, 0) is 23.8 Å². The van der Waals surface area contributed by atoms with E-state index in [-0.39, 0.29) is 18.1 Å². The summed E-state index contributed by atoms with van der Waals surface area (Å²) in [7, 11) is 0. The fourth-order valence-electron chi connectivity index (χ4n) is 1.70. The van der Waals surface area contributed by atoms with Gasteiger partial charge in [-0.2, -0.15) is 0 Å². The molecule has 0 atom stereocenters. The number of nitro groups is 1. The summed E-state index contributed by atoms with van der Waals surface area (Å²) < 4.78 is 0.718. The molecule has 1 amide bonds. The van der Waals surface area contributed by atoms with E-state index in [9.17, 15) is 14.9 Å². The van der Waals surface area contributed by atoms with E-state index in [1.54, 1.807) is 30.3 Å². The van der Waals surface area contributed by atoms with Crippen molar-refractivity contribution in [2.24, 2.45) is 0 Å². The largest absolute Gasteiger partial charge is 0.348 e. The molecule has 0 radical (unpaired) electrons. The lowest BCUT2D eigenvalue weighted by Gasteiger charge is -2.06. The summed E-state index contributed by atoms with van der Waals surface area (Å²) in [5.41, 5.74) is 1.23. The molecule has 0 aliphatic heterocycles. The second-order valence-corrected chi connectivity index (χ2v) is 5.62. The molecule has 2 rings (SSSR count). The zero-order valence-electron chi connectivity index (χ0n) is 10.7. The molecule has 0 heterocycles. The van der Waals surface area contributed by atoms with Gasteiger partial charge in [-0.25, -0.2) is 0 Å². The summed E-state index contributed by atoms with van der Waals surface area (Å²) >= 11 is 9.16. The predicted octanol–water partition coefficient (Wildman–Crippen LogP) is 3.94. The third kappa shape index (κ3) is 4.27. The van der Waals surface area contributed by atoms with E-state index in [0.717, 1.165) is 10.0 Å². The van der Waals surface area contributed by atoms with Crippen LogP contribution in [0.5, 0.6) is 0 Å². The van der Waals surface area contributed by atoms with Crippen LogP contribution in [0.2, 0.25) is 5.02 Å². The minimum atomic E-state index is -0.466. The second-order valence-electron chi connectivity index (χ2n) is 4.26. The van der Waals surface area contributed by atoms with E-state index < -0.39 is 4.92 Å². The molecule has 7 heteroatoms. The minimum absolute atomic E-state index is 0.0175. The fraction of sp³-hybridized carbons (Fsp3) is 0.0714. The highest BCUT2D eigenvalue weighted by molar-refractivity contribution is 9.10. The molecule has 0 unspecified atom stereocenters. The first kappa shape index (κ1) is 15.5. The van der Waals surface area contributed by atoms with Gasteiger partial charge in [0.2, 0.25) is 0 Å². The molecule has 0 bridgehead atoms. The Kier molecular flexibility index (Phi) is 4.93. The number of hydrogen-bond donors (Lipinski definition) is 1. The highest BCUT2D eigenvalue weighted by Crippen LogP contribution is 2.19. The Morgan fingerprint density at radius 3 is 2.48 bits per heavy atom. The third-order valence-corrected chi connectivity index (χ3v) is 3.40. The first-order chi connectivity index (χ1) is 9.95. The molecule has 0 aromatic heterocycles. The maximum atomic E-state index is 12.0. The molecule has 5 nitrogen and oxygen atoms in total. The lowest BCUT2D eigenvalue weighted by Crippen LogP contribution is -2.22. The second kappa shape index (κ2) is 6.69. The maximum Gasteiger partial charge on any atom is 0.269 e. The Balaban J connectivity index is 2.02. The Hall–Kier alpha value is -1.92. The normalized spacial score (nSPS) is 10.2. The number of halogens is 2. The monoisotopic (exact) mass is 368 g/mol. The molecule has 2 aromatic rings. The van der Waals surface area contributed by atoms with Crippen LogP contribution in [-0.4, -0.2) is 10.8 Å². The number of nitro benzene ring substituents is 1. The molecule has 0 fully saturated rings. The third-order valence-electron chi connectivity index (χ3n) is 2.72. The van der Waals surface area contributed by atoms with Crippen LogP contribution in [0.25, 0.3) is 0 Å². The standard InChI is InChI=1S/C14H10BrClN2O3/c15-11-5-10(6-12(16)7-11)14(19)17-8-9-1-3-13(4-2-9)18(20)21/h1-7H,8H2,(H,17,19). The Morgan fingerprint density at radius 1 is 1.24 bits per heavy atom. The van der Waals surface area contributed by atoms with Crippen molar-refractivity contribution in [2.45, 2.75) is 6.54 Å². The summed E-state index contributed by atoms with van der Waals surface area (Å²) in [6.07, 6.45) is 0. The lowest BCUT2D eigenvalue weighted by atomic mass is 10.2. The van der Waals surface area contributed by atoms with E-state index in [1.165, 1.54) is 12.1 Å². The van der Waals surface area contributed by atoms with Crippen molar-refractivity contribution >= 4 is 39.1 Å². The number of rotatable bonds is 4. The maximum absolute atomic E-state index is 12.0. The van der Waals surface area contributed by atoms with Gasteiger partial charge >= 0.3 is 0 Å². The number of nitrogens with one attached hydrogen (secondary N) is 1. The molecular weight excluding hydrogens is 360 g/mol. The van der Waals surface area contributed by atoms with Crippen LogP contribution in [0.15, 0.2) is 46.9 Å². The molecule has 108 valence electrons. The Bertz CT molecular complexity index is 669. The molecule has 1 N–H and O–H groups in total. The van der Waals surface area contributed by atoms with Crippen LogP contribution >= 0.6 is 27.5 Å². The van der Waals surface area contributed by atoms with Gasteiger partial charge in [0, 0.05) is 33.7 Å². The van der Waals surface area contributed by atoms with E-state index in [1.807, 2.05) is 0 Å². The lowest BCUT2D eigenvalue weighted by molar-refractivity contribution is -0.384. The molecule has 0 saturated carbocycles. The van der Waals surface area contributed by atoms with Gasteiger partial charge in [0.05, 0.1) is 4.92 Å². The van der Waals surface area contributed by atoms with E-state index in [4.69, 9.17) is 11.6 Å². The minimum Gasteiger partial charge on any atom is -0.348 e. The number of carbonyl (C=O) groups is 1.